The molecule has 1 amide bonds. The SMILES string of the molecule is Cc1ccc(F)cc1NC(=O)/C=C/c1ccc(-c2ccccc2)s1. The quantitative estimate of drug-likeness (QED) is 0.625. The fraction of sp³-hybridized carbons (Fsp3) is 0.0500. The molecule has 2 aromatic carbocycles. The predicted molar refractivity (Wildman–Crippen MR) is 98.6 cm³/mol. The third-order valence-corrected chi connectivity index (χ3v) is 4.64. The standard InChI is InChI=1S/C20H16FNOS/c1-14-7-8-16(21)13-18(14)22-20(23)12-10-17-9-11-19(24-17)15-5-3-2-4-6-15/h2-13H,1H3,(H,22,23)/b12-10+. The normalized spacial score (nSPS) is 10.9. The number of benzene rings is 2. The van der Waals surface area contributed by atoms with Crippen molar-refractivity contribution in [1.29, 1.82) is 0 Å². The highest BCUT2D eigenvalue weighted by molar-refractivity contribution is 7.16. The molecule has 0 unspecified atom stereocenters. The van der Waals surface area contributed by atoms with Gasteiger partial charge in [0.05, 0.1) is 0 Å². The van der Waals surface area contributed by atoms with Gasteiger partial charge in [-0.3, -0.25) is 4.79 Å². The third kappa shape index (κ3) is 3.97. The van der Waals surface area contributed by atoms with E-state index in [4.69, 9.17) is 0 Å². The van der Waals surface area contributed by atoms with Crippen molar-refractivity contribution in [3.8, 4) is 10.4 Å². The van der Waals surface area contributed by atoms with Gasteiger partial charge in [0.2, 0.25) is 5.91 Å². The van der Waals surface area contributed by atoms with Crippen LogP contribution in [0.3, 0.4) is 0 Å². The second kappa shape index (κ2) is 7.23. The van der Waals surface area contributed by atoms with E-state index in [1.807, 2.05) is 37.3 Å². The van der Waals surface area contributed by atoms with E-state index >= 15 is 0 Å². The van der Waals surface area contributed by atoms with Crippen molar-refractivity contribution in [3.05, 3.63) is 83.0 Å². The summed E-state index contributed by atoms with van der Waals surface area (Å²) >= 11 is 1.61. The van der Waals surface area contributed by atoms with Crippen LogP contribution in [0.1, 0.15) is 10.4 Å². The molecule has 1 aromatic heterocycles. The number of rotatable bonds is 4. The van der Waals surface area contributed by atoms with Gasteiger partial charge in [-0.1, -0.05) is 36.4 Å². The minimum atomic E-state index is -0.370. The first-order chi connectivity index (χ1) is 11.6. The minimum Gasteiger partial charge on any atom is -0.322 e. The van der Waals surface area contributed by atoms with Crippen molar-refractivity contribution >= 4 is 29.0 Å². The maximum Gasteiger partial charge on any atom is 0.248 e. The van der Waals surface area contributed by atoms with Gasteiger partial charge < -0.3 is 5.32 Å². The zero-order valence-electron chi connectivity index (χ0n) is 13.1. The molecule has 0 saturated carbocycles. The number of hydrogen-bond donors (Lipinski definition) is 1. The number of amides is 1. The number of halogens is 1. The van der Waals surface area contributed by atoms with Crippen LogP contribution in [-0.4, -0.2) is 5.91 Å². The van der Waals surface area contributed by atoms with Crippen LogP contribution in [0.4, 0.5) is 10.1 Å². The topological polar surface area (TPSA) is 29.1 Å². The lowest BCUT2D eigenvalue weighted by Gasteiger charge is -2.05. The molecule has 1 heterocycles. The Morgan fingerprint density at radius 3 is 2.67 bits per heavy atom. The fourth-order valence-corrected chi connectivity index (χ4v) is 3.18. The summed E-state index contributed by atoms with van der Waals surface area (Å²) in [6.07, 6.45) is 3.23. The molecular formula is C20H16FNOS. The van der Waals surface area contributed by atoms with E-state index in [0.29, 0.717) is 5.69 Å². The van der Waals surface area contributed by atoms with Crippen LogP contribution < -0.4 is 5.32 Å². The molecule has 0 aliphatic heterocycles. The van der Waals surface area contributed by atoms with E-state index < -0.39 is 0 Å². The maximum absolute atomic E-state index is 13.2. The number of carbonyl (C=O) groups is 1. The van der Waals surface area contributed by atoms with E-state index in [1.54, 1.807) is 23.5 Å². The van der Waals surface area contributed by atoms with Crippen molar-refractivity contribution in [1.82, 2.24) is 0 Å². The van der Waals surface area contributed by atoms with E-state index in [2.05, 4.69) is 17.4 Å². The molecule has 1 N–H and O–H groups in total. The lowest BCUT2D eigenvalue weighted by atomic mass is 10.2. The van der Waals surface area contributed by atoms with Crippen LogP contribution in [-0.2, 0) is 4.79 Å². The molecule has 0 radical (unpaired) electrons. The summed E-state index contributed by atoms with van der Waals surface area (Å²) in [5.41, 5.74) is 2.46. The van der Waals surface area contributed by atoms with Crippen LogP contribution in [0, 0.1) is 12.7 Å². The van der Waals surface area contributed by atoms with Crippen LogP contribution >= 0.6 is 11.3 Å². The molecule has 0 bridgehead atoms. The number of nitrogens with one attached hydrogen (secondary N) is 1. The summed E-state index contributed by atoms with van der Waals surface area (Å²) in [4.78, 5) is 14.1. The van der Waals surface area contributed by atoms with Gasteiger partial charge in [0.15, 0.2) is 0 Å². The summed E-state index contributed by atoms with van der Waals surface area (Å²) in [5, 5.41) is 2.70. The summed E-state index contributed by atoms with van der Waals surface area (Å²) in [7, 11) is 0. The number of hydrogen-bond acceptors (Lipinski definition) is 2. The smallest absolute Gasteiger partial charge is 0.248 e. The molecule has 0 spiro atoms. The van der Waals surface area contributed by atoms with Gasteiger partial charge >= 0.3 is 0 Å². The second-order valence-corrected chi connectivity index (χ2v) is 6.47. The highest BCUT2D eigenvalue weighted by Gasteiger charge is 2.04. The first-order valence-electron chi connectivity index (χ1n) is 7.52. The molecule has 0 atom stereocenters. The highest BCUT2D eigenvalue weighted by Crippen LogP contribution is 2.28. The average Bonchev–Trinajstić information content (AvgIpc) is 3.06. The predicted octanol–water partition coefficient (Wildman–Crippen LogP) is 5.51. The van der Waals surface area contributed by atoms with Crippen LogP contribution in [0.15, 0.2) is 66.7 Å². The monoisotopic (exact) mass is 337 g/mol. The highest BCUT2D eigenvalue weighted by atomic mass is 32.1. The van der Waals surface area contributed by atoms with Crippen LogP contribution in [0.25, 0.3) is 16.5 Å². The lowest BCUT2D eigenvalue weighted by molar-refractivity contribution is -0.111. The molecule has 0 aliphatic carbocycles. The Hall–Kier alpha value is -2.72. The number of carbonyl (C=O) groups excluding carboxylic acids is 1. The van der Waals surface area contributed by atoms with Gasteiger partial charge in [-0.05, 0) is 48.4 Å². The van der Waals surface area contributed by atoms with Crippen molar-refractivity contribution < 1.29 is 9.18 Å². The van der Waals surface area contributed by atoms with Crippen molar-refractivity contribution in [2.24, 2.45) is 0 Å². The molecule has 2 nitrogen and oxygen atoms in total. The zero-order chi connectivity index (χ0) is 16.9. The van der Waals surface area contributed by atoms with Gasteiger partial charge in [-0.25, -0.2) is 4.39 Å². The Morgan fingerprint density at radius 2 is 1.88 bits per heavy atom. The second-order valence-electron chi connectivity index (χ2n) is 5.35. The van der Waals surface area contributed by atoms with Crippen LogP contribution in [0.2, 0.25) is 0 Å². The van der Waals surface area contributed by atoms with Gasteiger partial charge in [0.1, 0.15) is 5.82 Å². The first kappa shape index (κ1) is 16.1. The lowest BCUT2D eigenvalue weighted by Crippen LogP contribution is -2.09. The van der Waals surface area contributed by atoms with E-state index in [9.17, 15) is 9.18 Å². The van der Waals surface area contributed by atoms with Crippen molar-refractivity contribution in [2.45, 2.75) is 6.92 Å². The summed E-state index contributed by atoms with van der Waals surface area (Å²) in [6, 6.07) is 18.4. The first-order valence-corrected chi connectivity index (χ1v) is 8.34. The Bertz CT molecular complexity index is 884. The third-order valence-electron chi connectivity index (χ3n) is 3.54. The Morgan fingerprint density at radius 1 is 1.08 bits per heavy atom. The zero-order valence-corrected chi connectivity index (χ0v) is 13.9. The summed E-state index contributed by atoms with van der Waals surface area (Å²) in [5.74, 6) is -0.649. The van der Waals surface area contributed by atoms with E-state index in [1.165, 1.54) is 18.2 Å². The molecule has 3 rings (SSSR count). The molecule has 120 valence electrons. The molecular weight excluding hydrogens is 321 g/mol. The van der Waals surface area contributed by atoms with Gasteiger partial charge in [-0.15, -0.1) is 11.3 Å². The average molecular weight is 337 g/mol. The Kier molecular flexibility index (Phi) is 4.87. The van der Waals surface area contributed by atoms with Crippen molar-refractivity contribution in [2.75, 3.05) is 5.32 Å². The Balaban J connectivity index is 1.69. The van der Waals surface area contributed by atoms with E-state index in [-0.39, 0.29) is 11.7 Å². The minimum absolute atomic E-state index is 0.279. The largest absolute Gasteiger partial charge is 0.322 e. The molecule has 0 aliphatic rings. The number of thiophene rings is 1. The van der Waals surface area contributed by atoms with Gasteiger partial charge in [0.25, 0.3) is 0 Å². The van der Waals surface area contributed by atoms with Crippen molar-refractivity contribution in [3.63, 3.8) is 0 Å². The molecule has 0 fully saturated rings. The van der Waals surface area contributed by atoms with Crippen LogP contribution in [0.5, 0.6) is 0 Å². The fourth-order valence-electron chi connectivity index (χ4n) is 2.26. The summed E-state index contributed by atoms with van der Waals surface area (Å²) < 4.78 is 13.2. The molecule has 4 heteroatoms. The number of anilines is 1. The number of aryl methyl sites for hydroxylation is 1. The van der Waals surface area contributed by atoms with Gasteiger partial charge in [0, 0.05) is 21.5 Å². The Labute approximate surface area is 144 Å². The molecule has 3 aromatic rings. The van der Waals surface area contributed by atoms with E-state index in [0.717, 1.165) is 20.9 Å². The summed E-state index contributed by atoms with van der Waals surface area (Å²) in [6.45, 7) is 1.82. The van der Waals surface area contributed by atoms with Gasteiger partial charge in [-0.2, -0.15) is 0 Å². The molecule has 0 saturated heterocycles. The maximum atomic E-state index is 13.2. The molecule has 24 heavy (non-hydrogen) atoms.